The topological polar surface area (TPSA) is 58.4 Å². The molecule has 0 radical (unpaired) electrons. The van der Waals surface area contributed by atoms with E-state index in [1.807, 2.05) is 13.8 Å². The second-order valence-corrected chi connectivity index (χ2v) is 5.72. The average Bonchev–Trinajstić information content (AvgIpc) is 2.93. The predicted octanol–water partition coefficient (Wildman–Crippen LogP) is 0.713. The van der Waals surface area contributed by atoms with Crippen LogP contribution >= 0.6 is 0 Å². The monoisotopic (exact) mass is 227 g/mol. The Hall–Kier alpha value is -0.610. The van der Waals surface area contributed by atoms with Crippen molar-refractivity contribution in [2.75, 3.05) is 13.6 Å². The van der Waals surface area contributed by atoms with E-state index >= 15 is 0 Å². The van der Waals surface area contributed by atoms with Gasteiger partial charge in [0.05, 0.1) is 0 Å². The first kappa shape index (κ1) is 13.5. The smallest absolute Gasteiger partial charge is 0.221 e. The van der Waals surface area contributed by atoms with E-state index < -0.39 is 5.54 Å². The molecule has 0 aromatic carbocycles. The molecule has 0 aromatic heterocycles. The molecule has 0 aliphatic heterocycles. The molecule has 1 aliphatic rings. The Labute approximate surface area is 98.6 Å². The first-order valence-corrected chi connectivity index (χ1v) is 6.07. The number of hydrogen-bond acceptors (Lipinski definition) is 3. The minimum absolute atomic E-state index is 0.0450. The standard InChI is InChI=1S/C12H25N3O/c1-9(15(4)10-5-6-10)8-14-11(16)7-12(2,3)13/h9-10H,5-8,13H2,1-4H3,(H,14,16). The second-order valence-electron chi connectivity index (χ2n) is 5.72. The maximum absolute atomic E-state index is 11.6. The Balaban J connectivity index is 2.20. The minimum Gasteiger partial charge on any atom is -0.354 e. The zero-order chi connectivity index (χ0) is 12.3. The lowest BCUT2D eigenvalue weighted by molar-refractivity contribution is -0.122. The third-order valence-electron chi connectivity index (χ3n) is 3.03. The summed E-state index contributed by atoms with van der Waals surface area (Å²) in [6, 6.07) is 1.13. The van der Waals surface area contributed by atoms with Gasteiger partial charge in [0.25, 0.3) is 0 Å². The Morgan fingerprint density at radius 1 is 1.56 bits per heavy atom. The molecule has 94 valence electrons. The van der Waals surface area contributed by atoms with E-state index in [1.54, 1.807) is 0 Å². The van der Waals surface area contributed by atoms with Crippen molar-refractivity contribution in [2.45, 2.75) is 57.7 Å². The Bertz CT molecular complexity index is 243. The predicted molar refractivity (Wildman–Crippen MR) is 66.1 cm³/mol. The van der Waals surface area contributed by atoms with Gasteiger partial charge in [0.2, 0.25) is 5.91 Å². The summed E-state index contributed by atoms with van der Waals surface area (Å²) < 4.78 is 0. The molecule has 1 rings (SSSR count). The fourth-order valence-corrected chi connectivity index (χ4v) is 1.72. The SMILES string of the molecule is CC(CNC(=O)CC(C)(C)N)N(C)C1CC1. The number of nitrogens with zero attached hydrogens (tertiary/aromatic N) is 1. The number of nitrogens with one attached hydrogen (secondary N) is 1. The zero-order valence-electron chi connectivity index (χ0n) is 10.9. The van der Waals surface area contributed by atoms with Crippen molar-refractivity contribution >= 4 is 5.91 Å². The second kappa shape index (κ2) is 5.15. The van der Waals surface area contributed by atoms with Crippen LogP contribution in [0.2, 0.25) is 0 Å². The van der Waals surface area contributed by atoms with E-state index in [0.717, 1.165) is 6.04 Å². The Kier molecular flexibility index (Phi) is 4.33. The van der Waals surface area contributed by atoms with Gasteiger partial charge in [-0.25, -0.2) is 0 Å². The van der Waals surface area contributed by atoms with Crippen molar-refractivity contribution in [3.05, 3.63) is 0 Å². The highest BCUT2D eigenvalue weighted by Gasteiger charge is 2.29. The van der Waals surface area contributed by atoms with Gasteiger partial charge in [-0.05, 0) is 40.7 Å². The van der Waals surface area contributed by atoms with Gasteiger partial charge in [-0.1, -0.05) is 0 Å². The van der Waals surface area contributed by atoms with Crippen molar-refractivity contribution < 1.29 is 4.79 Å². The average molecular weight is 227 g/mol. The summed E-state index contributed by atoms with van der Waals surface area (Å²) in [5, 5.41) is 2.94. The minimum atomic E-state index is -0.421. The number of rotatable bonds is 6. The number of carbonyl (C=O) groups excluding carboxylic acids is 1. The van der Waals surface area contributed by atoms with E-state index in [2.05, 4.69) is 24.2 Å². The third-order valence-corrected chi connectivity index (χ3v) is 3.03. The number of hydrogen-bond donors (Lipinski definition) is 2. The highest BCUT2D eigenvalue weighted by Crippen LogP contribution is 2.26. The van der Waals surface area contributed by atoms with Crippen LogP contribution in [0.15, 0.2) is 0 Å². The zero-order valence-corrected chi connectivity index (χ0v) is 10.9. The van der Waals surface area contributed by atoms with Crippen LogP contribution in [0, 0.1) is 0 Å². The van der Waals surface area contributed by atoms with E-state index in [9.17, 15) is 4.79 Å². The van der Waals surface area contributed by atoms with Crippen LogP contribution in [-0.2, 0) is 4.79 Å². The first-order chi connectivity index (χ1) is 7.29. The van der Waals surface area contributed by atoms with E-state index in [-0.39, 0.29) is 5.91 Å². The molecule has 4 nitrogen and oxygen atoms in total. The third kappa shape index (κ3) is 4.94. The Morgan fingerprint density at radius 3 is 2.56 bits per heavy atom. The molecule has 1 amide bonds. The molecule has 1 saturated carbocycles. The summed E-state index contributed by atoms with van der Waals surface area (Å²) in [6.07, 6.45) is 2.97. The van der Waals surface area contributed by atoms with Crippen molar-refractivity contribution in [3.63, 3.8) is 0 Å². The fourth-order valence-electron chi connectivity index (χ4n) is 1.72. The van der Waals surface area contributed by atoms with Crippen LogP contribution in [0.25, 0.3) is 0 Å². The molecule has 0 spiro atoms. The lowest BCUT2D eigenvalue weighted by Crippen LogP contribution is -2.44. The lowest BCUT2D eigenvalue weighted by atomic mass is 10.0. The largest absolute Gasteiger partial charge is 0.354 e. The van der Waals surface area contributed by atoms with Crippen LogP contribution in [-0.4, -0.2) is 42.0 Å². The van der Waals surface area contributed by atoms with Gasteiger partial charge < -0.3 is 11.1 Å². The summed E-state index contributed by atoms with van der Waals surface area (Å²) >= 11 is 0. The van der Waals surface area contributed by atoms with E-state index in [4.69, 9.17) is 5.73 Å². The molecular formula is C12H25N3O. The quantitative estimate of drug-likeness (QED) is 0.703. The van der Waals surface area contributed by atoms with Gasteiger partial charge in [0.15, 0.2) is 0 Å². The van der Waals surface area contributed by atoms with Crippen molar-refractivity contribution in [3.8, 4) is 0 Å². The molecule has 16 heavy (non-hydrogen) atoms. The molecule has 0 heterocycles. The molecule has 1 atom stereocenters. The molecular weight excluding hydrogens is 202 g/mol. The molecule has 1 aliphatic carbocycles. The van der Waals surface area contributed by atoms with Crippen molar-refractivity contribution in [1.29, 1.82) is 0 Å². The van der Waals surface area contributed by atoms with Gasteiger partial charge in [0.1, 0.15) is 0 Å². The molecule has 1 unspecified atom stereocenters. The van der Waals surface area contributed by atoms with Crippen LogP contribution in [0.1, 0.15) is 40.0 Å². The van der Waals surface area contributed by atoms with Crippen molar-refractivity contribution in [1.82, 2.24) is 10.2 Å². The summed E-state index contributed by atoms with van der Waals surface area (Å²) in [5.41, 5.74) is 5.37. The van der Waals surface area contributed by atoms with Gasteiger partial charge in [-0.3, -0.25) is 9.69 Å². The van der Waals surface area contributed by atoms with Crippen LogP contribution in [0.5, 0.6) is 0 Å². The number of amides is 1. The van der Waals surface area contributed by atoms with E-state index in [0.29, 0.717) is 19.0 Å². The summed E-state index contributed by atoms with van der Waals surface area (Å²) in [5.74, 6) is 0.0450. The first-order valence-electron chi connectivity index (χ1n) is 6.07. The molecule has 3 N–H and O–H groups in total. The highest BCUT2D eigenvalue weighted by molar-refractivity contribution is 5.77. The fraction of sp³-hybridized carbons (Fsp3) is 0.917. The van der Waals surface area contributed by atoms with Crippen LogP contribution in [0.4, 0.5) is 0 Å². The number of likely N-dealkylation sites (N-methyl/N-ethyl adjacent to an activating group) is 1. The molecule has 0 saturated heterocycles. The molecule has 4 heteroatoms. The highest BCUT2D eigenvalue weighted by atomic mass is 16.1. The molecule has 1 fully saturated rings. The summed E-state index contributed by atoms with van der Waals surface area (Å²) in [7, 11) is 2.13. The van der Waals surface area contributed by atoms with Crippen molar-refractivity contribution in [2.24, 2.45) is 5.73 Å². The molecule has 0 aromatic rings. The van der Waals surface area contributed by atoms with Crippen LogP contribution in [0.3, 0.4) is 0 Å². The van der Waals surface area contributed by atoms with Gasteiger partial charge in [-0.2, -0.15) is 0 Å². The lowest BCUT2D eigenvalue weighted by Gasteiger charge is -2.25. The van der Waals surface area contributed by atoms with E-state index in [1.165, 1.54) is 12.8 Å². The summed E-state index contributed by atoms with van der Waals surface area (Å²) in [4.78, 5) is 13.9. The number of nitrogens with two attached hydrogens (primary N) is 1. The Morgan fingerprint density at radius 2 is 2.12 bits per heavy atom. The number of carbonyl (C=O) groups is 1. The van der Waals surface area contributed by atoms with Crippen LogP contribution < -0.4 is 11.1 Å². The maximum atomic E-state index is 11.6. The van der Waals surface area contributed by atoms with Gasteiger partial charge in [-0.15, -0.1) is 0 Å². The van der Waals surface area contributed by atoms with Gasteiger partial charge >= 0.3 is 0 Å². The maximum Gasteiger partial charge on any atom is 0.221 e. The van der Waals surface area contributed by atoms with Gasteiger partial charge in [0, 0.05) is 30.6 Å². The molecule has 0 bridgehead atoms. The summed E-state index contributed by atoms with van der Waals surface area (Å²) in [6.45, 7) is 6.59. The normalized spacial score (nSPS) is 18.6.